The van der Waals surface area contributed by atoms with E-state index < -0.39 is 17.3 Å². The summed E-state index contributed by atoms with van der Waals surface area (Å²) in [6, 6.07) is -0.139. The molecule has 0 unspecified atom stereocenters. The van der Waals surface area contributed by atoms with Gasteiger partial charge in [-0.05, 0) is 32.2 Å². The second-order valence-corrected chi connectivity index (χ2v) is 5.09. The lowest BCUT2D eigenvalue weighted by molar-refractivity contribution is -0.143. The summed E-state index contributed by atoms with van der Waals surface area (Å²) in [4.78, 5) is 10.9. The molecule has 2 rings (SSSR count). The van der Waals surface area contributed by atoms with Gasteiger partial charge < -0.3 is 10.4 Å². The van der Waals surface area contributed by atoms with E-state index in [0.29, 0.717) is 19.4 Å². The molecule has 2 aliphatic rings. The molecule has 0 spiro atoms. The lowest BCUT2D eigenvalue weighted by atomic mass is 10.0. The number of rotatable bonds is 5. The molecule has 2 saturated carbocycles. The Kier molecular flexibility index (Phi) is 2.90. The van der Waals surface area contributed by atoms with Gasteiger partial charge in [-0.15, -0.1) is 0 Å². The van der Waals surface area contributed by atoms with Gasteiger partial charge in [-0.2, -0.15) is 0 Å². The quantitative estimate of drug-likeness (QED) is 0.763. The van der Waals surface area contributed by atoms with Gasteiger partial charge in [0.2, 0.25) is 5.92 Å². The Morgan fingerprint density at radius 2 is 2.06 bits per heavy atom. The second kappa shape index (κ2) is 3.95. The van der Waals surface area contributed by atoms with Crippen LogP contribution < -0.4 is 5.32 Å². The van der Waals surface area contributed by atoms with Gasteiger partial charge in [0.1, 0.15) is 0 Å². The highest BCUT2D eigenvalue weighted by Crippen LogP contribution is 2.48. The van der Waals surface area contributed by atoms with Crippen molar-refractivity contribution >= 4 is 5.97 Å². The summed E-state index contributed by atoms with van der Waals surface area (Å²) >= 11 is 0. The molecule has 0 aliphatic heterocycles. The molecule has 0 bridgehead atoms. The van der Waals surface area contributed by atoms with Crippen LogP contribution in [0.2, 0.25) is 0 Å². The average molecular weight is 233 g/mol. The van der Waals surface area contributed by atoms with E-state index in [1.807, 2.05) is 0 Å². The molecule has 92 valence electrons. The molecular formula is C11H17F2NO2. The minimum absolute atomic E-state index is 0.0469. The number of carboxylic acids is 1. The largest absolute Gasteiger partial charge is 0.481 e. The van der Waals surface area contributed by atoms with Gasteiger partial charge in [-0.25, -0.2) is 8.78 Å². The molecule has 1 atom stereocenters. The van der Waals surface area contributed by atoms with Gasteiger partial charge in [0, 0.05) is 18.9 Å². The van der Waals surface area contributed by atoms with Gasteiger partial charge in [0.25, 0.3) is 0 Å². The molecule has 16 heavy (non-hydrogen) atoms. The monoisotopic (exact) mass is 233 g/mol. The van der Waals surface area contributed by atoms with Crippen LogP contribution in [-0.2, 0) is 4.79 Å². The van der Waals surface area contributed by atoms with Crippen LogP contribution in [0.5, 0.6) is 0 Å². The number of carboxylic acid groups (broad SMARTS) is 1. The Bertz CT molecular complexity index is 290. The Hall–Kier alpha value is -0.710. The van der Waals surface area contributed by atoms with Crippen molar-refractivity contribution in [1.29, 1.82) is 0 Å². The highest BCUT2D eigenvalue weighted by atomic mass is 19.3. The maximum atomic E-state index is 12.9. The third-order valence-electron chi connectivity index (χ3n) is 3.75. The van der Waals surface area contributed by atoms with Crippen LogP contribution in [0, 0.1) is 5.41 Å². The molecule has 2 fully saturated rings. The molecule has 0 aromatic heterocycles. The van der Waals surface area contributed by atoms with E-state index in [1.165, 1.54) is 0 Å². The fourth-order valence-electron chi connectivity index (χ4n) is 2.36. The molecule has 0 amide bonds. The van der Waals surface area contributed by atoms with E-state index in [0.717, 1.165) is 12.8 Å². The molecule has 5 heteroatoms. The molecule has 0 saturated heterocycles. The van der Waals surface area contributed by atoms with Crippen molar-refractivity contribution in [3.63, 3.8) is 0 Å². The highest BCUT2D eigenvalue weighted by Gasteiger charge is 2.49. The summed E-state index contributed by atoms with van der Waals surface area (Å²) in [7, 11) is 0. The van der Waals surface area contributed by atoms with Crippen molar-refractivity contribution in [2.75, 3.05) is 6.54 Å². The summed E-state index contributed by atoms with van der Waals surface area (Å²) < 4.78 is 25.7. The normalized spacial score (nSPS) is 30.2. The van der Waals surface area contributed by atoms with Crippen LogP contribution in [0.4, 0.5) is 8.78 Å². The third-order valence-corrected chi connectivity index (χ3v) is 3.75. The SMILES string of the molecule is O=C(O)C1(CCN[C@@H]2CCC(F)(F)C2)CC1. The van der Waals surface area contributed by atoms with E-state index in [2.05, 4.69) is 5.32 Å². The Balaban J connectivity index is 1.68. The van der Waals surface area contributed by atoms with Crippen LogP contribution in [-0.4, -0.2) is 29.6 Å². The van der Waals surface area contributed by atoms with Crippen molar-refractivity contribution in [2.45, 2.75) is 50.5 Å². The van der Waals surface area contributed by atoms with E-state index in [-0.39, 0.29) is 18.9 Å². The summed E-state index contributed by atoms with van der Waals surface area (Å²) in [5.74, 6) is -3.27. The number of nitrogens with one attached hydrogen (secondary N) is 1. The van der Waals surface area contributed by atoms with Gasteiger partial charge in [0.05, 0.1) is 5.41 Å². The Labute approximate surface area is 93.2 Å². The van der Waals surface area contributed by atoms with E-state index in [1.54, 1.807) is 0 Å². The molecule has 2 aliphatic carbocycles. The number of hydrogen-bond acceptors (Lipinski definition) is 2. The van der Waals surface area contributed by atoms with Crippen molar-refractivity contribution < 1.29 is 18.7 Å². The fraction of sp³-hybridized carbons (Fsp3) is 0.909. The first-order valence-corrected chi connectivity index (χ1v) is 5.78. The number of carbonyl (C=O) groups is 1. The van der Waals surface area contributed by atoms with Gasteiger partial charge >= 0.3 is 5.97 Å². The lowest BCUT2D eigenvalue weighted by Crippen LogP contribution is -2.31. The fourth-order valence-corrected chi connectivity index (χ4v) is 2.36. The Morgan fingerprint density at radius 3 is 2.50 bits per heavy atom. The third kappa shape index (κ3) is 2.51. The highest BCUT2D eigenvalue weighted by molar-refractivity contribution is 5.77. The number of halogens is 2. The van der Waals surface area contributed by atoms with Crippen molar-refractivity contribution in [3.8, 4) is 0 Å². The first kappa shape index (κ1) is 11.8. The minimum Gasteiger partial charge on any atom is -0.481 e. The molecule has 2 N–H and O–H groups in total. The first-order chi connectivity index (χ1) is 7.44. The van der Waals surface area contributed by atoms with Crippen LogP contribution in [0.15, 0.2) is 0 Å². The van der Waals surface area contributed by atoms with Crippen molar-refractivity contribution in [2.24, 2.45) is 5.41 Å². The summed E-state index contributed by atoms with van der Waals surface area (Å²) in [5.41, 5.74) is -0.547. The average Bonchev–Trinajstić information content (AvgIpc) is 2.88. The molecular weight excluding hydrogens is 216 g/mol. The van der Waals surface area contributed by atoms with Gasteiger partial charge in [0.15, 0.2) is 0 Å². The van der Waals surface area contributed by atoms with Crippen LogP contribution >= 0.6 is 0 Å². The molecule has 0 aromatic carbocycles. The molecule has 3 nitrogen and oxygen atoms in total. The lowest BCUT2D eigenvalue weighted by Gasteiger charge is -2.15. The zero-order chi connectivity index (χ0) is 11.8. The molecule has 0 aromatic rings. The summed E-state index contributed by atoms with van der Waals surface area (Å²) in [5, 5.41) is 12.0. The molecule has 0 heterocycles. The zero-order valence-electron chi connectivity index (χ0n) is 9.14. The zero-order valence-corrected chi connectivity index (χ0v) is 9.14. The van der Waals surface area contributed by atoms with Gasteiger partial charge in [-0.1, -0.05) is 0 Å². The number of hydrogen-bond donors (Lipinski definition) is 2. The predicted octanol–water partition coefficient (Wildman–Crippen LogP) is 2.02. The Morgan fingerprint density at radius 1 is 1.38 bits per heavy atom. The van der Waals surface area contributed by atoms with Crippen LogP contribution in [0.3, 0.4) is 0 Å². The molecule has 0 radical (unpaired) electrons. The van der Waals surface area contributed by atoms with Crippen LogP contribution in [0.25, 0.3) is 0 Å². The van der Waals surface area contributed by atoms with Crippen molar-refractivity contribution in [1.82, 2.24) is 5.32 Å². The van der Waals surface area contributed by atoms with Gasteiger partial charge in [-0.3, -0.25) is 4.79 Å². The van der Waals surface area contributed by atoms with E-state index in [4.69, 9.17) is 5.11 Å². The predicted molar refractivity (Wildman–Crippen MR) is 54.5 cm³/mol. The van der Waals surface area contributed by atoms with E-state index in [9.17, 15) is 13.6 Å². The maximum Gasteiger partial charge on any atom is 0.309 e. The van der Waals surface area contributed by atoms with Crippen LogP contribution in [0.1, 0.15) is 38.5 Å². The first-order valence-electron chi connectivity index (χ1n) is 5.78. The second-order valence-electron chi connectivity index (χ2n) is 5.09. The summed E-state index contributed by atoms with van der Waals surface area (Å²) in [6.07, 6.45) is 2.36. The minimum atomic E-state index is -2.53. The maximum absolute atomic E-state index is 12.9. The number of alkyl halides is 2. The standard InChI is InChI=1S/C11H17F2NO2/c12-11(13)2-1-8(7-11)14-6-5-10(3-4-10)9(15)16/h8,14H,1-7H2,(H,15,16)/t8-/m1/s1. The topological polar surface area (TPSA) is 49.3 Å². The summed E-state index contributed by atoms with van der Waals surface area (Å²) in [6.45, 7) is 0.535. The smallest absolute Gasteiger partial charge is 0.309 e. The van der Waals surface area contributed by atoms with E-state index >= 15 is 0 Å². The van der Waals surface area contributed by atoms with Crippen molar-refractivity contribution in [3.05, 3.63) is 0 Å². The number of aliphatic carboxylic acids is 1.